The molecule has 4 nitrogen and oxygen atoms in total. The van der Waals surface area contributed by atoms with Gasteiger partial charge in [-0.05, 0) is 18.9 Å². The molecule has 2 rings (SSSR count). The van der Waals surface area contributed by atoms with Crippen LogP contribution in [0.4, 0.5) is 5.69 Å². The Kier molecular flexibility index (Phi) is 2.72. The SMILES string of the molecule is O=[N+]([O-])c1cccc([P+]2(O)CCCC2)c1. The van der Waals surface area contributed by atoms with Gasteiger partial charge in [0.1, 0.15) is 5.30 Å². The highest BCUT2D eigenvalue weighted by Crippen LogP contribution is 2.58. The van der Waals surface area contributed by atoms with Crippen molar-refractivity contribution in [1.82, 2.24) is 0 Å². The number of nitrogens with zero attached hydrogens (tertiary/aromatic N) is 1. The Hall–Kier alpha value is -0.990. The minimum Gasteiger partial charge on any atom is -0.258 e. The molecule has 0 unspecified atom stereocenters. The van der Waals surface area contributed by atoms with Crippen molar-refractivity contribution < 1.29 is 9.82 Å². The van der Waals surface area contributed by atoms with E-state index in [1.165, 1.54) is 12.1 Å². The number of nitro benzene ring substituents is 1. The van der Waals surface area contributed by atoms with Crippen molar-refractivity contribution >= 4 is 18.5 Å². The number of non-ortho nitro benzene ring substituents is 1. The second-order valence-corrected chi connectivity index (χ2v) is 7.11. The van der Waals surface area contributed by atoms with E-state index in [9.17, 15) is 15.0 Å². The molecule has 1 aliphatic rings. The zero-order chi connectivity index (χ0) is 10.9. The second-order valence-electron chi connectivity index (χ2n) is 3.85. The molecular weight excluding hydrogens is 213 g/mol. The predicted molar refractivity (Wildman–Crippen MR) is 60.8 cm³/mol. The summed E-state index contributed by atoms with van der Waals surface area (Å²) in [5.41, 5.74) is 0.0767. The van der Waals surface area contributed by atoms with Gasteiger partial charge in [-0.2, -0.15) is 0 Å². The van der Waals surface area contributed by atoms with E-state index in [-0.39, 0.29) is 5.69 Å². The lowest BCUT2D eigenvalue weighted by molar-refractivity contribution is -0.384. The third-order valence-electron chi connectivity index (χ3n) is 2.83. The predicted octanol–water partition coefficient (Wildman–Crippen LogP) is 1.94. The van der Waals surface area contributed by atoms with Crippen LogP contribution in [-0.2, 0) is 0 Å². The molecule has 15 heavy (non-hydrogen) atoms. The van der Waals surface area contributed by atoms with E-state index in [1.54, 1.807) is 6.07 Å². The summed E-state index contributed by atoms with van der Waals surface area (Å²) in [6, 6.07) is 6.46. The maximum atomic E-state index is 10.6. The standard InChI is InChI=1S/C10H13NO3P/c12-11(13)9-4-3-5-10(8-9)15(14)6-1-2-7-15/h3-5,8,14H,1-2,6-7H2/q+1. The van der Waals surface area contributed by atoms with Crippen molar-refractivity contribution in [2.45, 2.75) is 12.8 Å². The van der Waals surface area contributed by atoms with Gasteiger partial charge in [0, 0.05) is 6.07 Å². The van der Waals surface area contributed by atoms with Crippen LogP contribution in [0.3, 0.4) is 0 Å². The minimum absolute atomic E-state index is 0.0767. The fraction of sp³-hybridized carbons (Fsp3) is 0.400. The second kappa shape index (κ2) is 3.87. The molecular formula is C10H13NO3P+. The van der Waals surface area contributed by atoms with Crippen LogP contribution in [0.15, 0.2) is 24.3 Å². The molecule has 0 saturated carbocycles. The highest BCUT2D eigenvalue weighted by Gasteiger charge is 2.42. The van der Waals surface area contributed by atoms with Crippen molar-refractivity contribution in [3.8, 4) is 0 Å². The summed E-state index contributed by atoms with van der Waals surface area (Å²) in [5, 5.41) is 11.4. The lowest BCUT2D eigenvalue weighted by Gasteiger charge is -2.12. The number of hydrogen-bond donors (Lipinski definition) is 1. The highest BCUT2D eigenvalue weighted by atomic mass is 31.2. The van der Waals surface area contributed by atoms with Gasteiger partial charge in [-0.15, -0.1) is 0 Å². The maximum Gasteiger partial charge on any atom is 0.273 e. The first-order chi connectivity index (χ1) is 7.12. The molecule has 1 heterocycles. The fourth-order valence-corrected chi connectivity index (χ4v) is 4.95. The Morgan fingerprint density at radius 2 is 2.00 bits per heavy atom. The van der Waals surface area contributed by atoms with Gasteiger partial charge in [0.15, 0.2) is 7.49 Å². The summed E-state index contributed by atoms with van der Waals surface area (Å²) in [5.74, 6) is 0. The van der Waals surface area contributed by atoms with E-state index in [2.05, 4.69) is 0 Å². The Morgan fingerprint density at radius 3 is 2.60 bits per heavy atom. The monoisotopic (exact) mass is 226 g/mol. The molecule has 80 valence electrons. The summed E-state index contributed by atoms with van der Waals surface area (Å²) in [4.78, 5) is 20.6. The average Bonchev–Trinajstić information content (AvgIpc) is 2.67. The third kappa shape index (κ3) is 2.01. The van der Waals surface area contributed by atoms with Gasteiger partial charge in [-0.3, -0.25) is 10.1 Å². The van der Waals surface area contributed by atoms with E-state index in [1.807, 2.05) is 6.07 Å². The number of benzene rings is 1. The summed E-state index contributed by atoms with van der Waals surface area (Å²) in [6.07, 6.45) is 3.70. The number of rotatable bonds is 2. The molecule has 1 saturated heterocycles. The summed E-state index contributed by atoms with van der Waals surface area (Å²) in [7, 11) is -2.04. The maximum absolute atomic E-state index is 10.6. The van der Waals surface area contributed by atoms with Gasteiger partial charge < -0.3 is 0 Å². The van der Waals surface area contributed by atoms with Crippen molar-refractivity contribution in [2.75, 3.05) is 12.3 Å². The molecule has 0 atom stereocenters. The van der Waals surface area contributed by atoms with Gasteiger partial charge in [0.05, 0.1) is 23.3 Å². The molecule has 0 aliphatic carbocycles. The lowest BCUT2D eigenvalue weighted by atomic mass is 10.3. The van der Waals surface area contributed by atoms with Crippen LogP contribution in [0.2, 0.25) is 0 Å². The largest absolute Gasteiger partial charge is 0.273 e. The quantitative estimate of drug-likeness (QED) is 0.476. The molecule has 1 aromatic rings. The van der Waals surface area contributed by atoms with Gasteiger partial charge in [0.2, 0.25) is 0 Å². The molecule has 5 heteroatoms. The highest BCUT2D eigenvalue weighted by molar-refractivity contribution is 7.78. The normalized spacial score (nSPS) is 19.0. The molecule has 1 fully saturated rings. The van der Waals surface area contributed by atoms with Crippen molar-refractivity contribution in [3.05, 3.63) is 34.4 Å². The number of nitro groups is 1. The van der Waals surface area contributed by atoms with Crippen LogP contribution in [-0.4, -0.2) is 22.1 Å². The van der Waals surface area contributed by atoms with Gasteiger partial charge in [-0.1, -0.05) is 6.07 Å². The zero-order valence-corrected chi connectivity index (χ0v) is 9.19. The molecule has 1 aliphatic heterocycles. The van der Waals surface area contributed by atoms with Crippen LogP contribution >= 0.6 is 7.49 Å². The third-order valence-corrected chi connectivity index (χ3v) is 6.18. The first-order valence-electron chi connectivity index (χ1n) is 4.97. The van der Waals surface area contributed by atoms with E-state index in [4.69, 9.17) is 0 Å². The van der Waals surface area contributed by atoms with Crippen molar-refractivity contribution in [2.24, 2.45) is 0 Å². The van der Waals surface area contributed by atoms with E-state index in [0.717, 1.165) is 30.5 Å². The Labute approximate surface area is 88.5 Å². The summed E-state index contributed by atoms with van der Waals surface area (Å²) in [6.45, 7) is 0. The van der Waals surface area contributed by atoms with Crippen molar-refractivity contribution in [1.29, 1.82) is 0 Å². The summed E-state index contributed by atoms with van der Waals surface area (Å²) < 4.78 is 0. The topological polar surface area (TPSA) is 63.4 Å². The smallest absolute Gasteiger partial charge is 0.258 e. The van der Waals surface area contributed by atoms with E-state index >= 15 is 0 Å². The Balaban J connectivity index is 2.36. The van der Waals surface area contributed by atoms with Crippen LogP contribution in [0.1, 0.15) is 12.8 Å². The van der Waals surface area contributed by atoms with Gasteiger partial charge >= 0.3 is 0 Å². The Morgan fingerprint density at radius 1 is 1.33 bits per heavy atom. The van der Waals surface area contributed by atoms with Crippen LogP contribution in [0.25, 0.3) is 0 Å². The minimum atomic E-state index is -2.04. The Bertz CT molecular complexity index is 388. The average molecular weight is 226 g/mol. The van der Waals surface area contributed by atoms with E-state index < -0.39 is 12.4 Å². The zero-order valence-electron chi connectivity index (χ0n) is 8.30. The van der Waals surface area contributed by atoms with Gasteiger partial charge in [0.25, 0.3) is 5.69 Å². The molecule has 1 N–H and O–H groups in total. The molecule has 0 amide bonds. The van der Waals surface area contributed by atoms with Crippen LogP contribution in [0, 0.1) is 10.1 Å². The molecule has 0 radical (unpaired) electrons. The number of hydrogen-bond acceptors (Lipinski definition) is 3. The molecule has 0 spiro atoms. The van der Waals surface area contributed by atoms with Crippen LogP contribution < -0.4 is 5.30 Å². The molecule has 0 bridgehead atoms. The van der Waals surface area contributed by atoms with Crippen molar-refractivity contribution in [3.63, 3.8) is 0 Å². The molecule has 0 aromatic heterocycles. The first-order valence-corrected chi connectivity index (χ1v) is 7.08. The molecule has 1 aromatic carbocycles. The lowest BCUT2D eigenvalue weighted by Crippen LogP contribution is -2.12. The van der Waals surface area contributed by atoms with Crippen LogP contribution in [0.5, 0.6) is 0 Å². The summed E-state index contributed by atoms with van der Waals surface area (Å²) >= 11 is 0. The van der Waals surface area contributed by atoms with Gasteiger partial charge in [-0.25, -0.2) is 4.89 Å². The first kappa shape index (κ1) is 10.5. The fourth-order valence-electron chi connectivity index (χ4n) is 1.98. The van der Waals surface area contributed by atoms with E-state index in [0.29, 0.717) is 0 Å².